The van der Waals surface area contributed by atoms with Gasteiger partial charge in [0.25, 0.3) is 0 Å². The Labute approximate surface area is 156 Å². The lowest BCUT2D eigenvalue weighted by Crippen LogP contribution is -2.12. The molecule has 0 spiro atoms. The molecule has 0 fully saturated rings. The molecule has 0 bridgehead atoms. The number of aromatic nitrogens is 2. The second-order valence-corrected chi connectivity index (χ2v) is 6.10. The fourth-order valence-electron chi connectivity index (χ4n) is 2.63. The number of nitrogens with zero attached hydrogens (tertiary/aromatic N) is 3. The van der Waals surface area contributed by atoms with Crippen molar-refractivity contribution in [2.24, 2.45) is 0 Å². The van der Waals surface area contributed by atoms with Gasteiger partial charge in [0.2, 0.25) is 0 Å². The largest absolute Gasteiger partial charge is 0.459 e. The van der Waals surface area contributed by atoms with Crippen molar-refractivity contribution >= 4 is 17.6 Å². The van der Waals surface area contributed by atoms with Crippen molar-refractivity contribution in [2.45, 2.75) is 20.0 Å². The van der Waals surface area contributed by atoms with Gasteiger partial charge in [-0.05, 0) is 30.7 Å². The van der Waals surface area contributed by atoms with Gasteiger partial charge in [0.05, 0.1) is 23.5 Å². The van der Waals surface area contributed by atoms with E-state index in [1.54, 1.807) is 29.8 Å². The molecule has 6 heteroatoms. The predicted molar refractivity (Wildman–Crippen MR) is 98.0 cm³/mol. The monoisotopic (exact) mass is 365 g/mol. The van der Waals surface area contributed by atoms with Crippen LogP contribution in [0.2, 0.25) is 5.02 Å². The first-order valence-electron chi connectivity index (χ1n) is 8.03. The smallest absolute Gasteiger partial charge is 0.310 e. The number of rotatable bonds is 5. The summed E-state index contributed by atoms with van der Waals surface area (Å²) >= 11 is 6.08. The first-order valence-corrected chi connectivity index (χ1v) is 8.41. The fraction of sp³-hybridized carbons (Fsp3) is 0.150. The summed E-state index contributed by atoms with van der Waals surface area (Å²) in [5, 5.41) is 14.4. The van der Waals surface area contributed by atoms with Crippen molar-refractivity contribution in [1.29, 1.82) is 5.26 Å². The van der Waals surface area contributed by atoms with E-state index in [1.165, 1.54) is 0 Å². The van der Waals surface area contributed by atoms with Gasteiger partial charge in [-0.2, -0.15) is 10.4 Å². The highest BCUT2D eigenvalue weighted by Gasteiger charge is 2.18. The molecule has 0 amide bonds. The summed E-state index contributed by atoms with van der Waals surface area (Å²) in [5.74, 6) is -0.416. The van der Waals surface area contributed by atoms with Crippen molar-refractivity contribution < 1.29 is 9.53 Å². The number of nitriles is 1. The number of hydrogen-bond acceptors (Lipinski definition) is 4. The number of halogens is 1. The molecule has 0 saturated heterocycles. The Morgan fingerprint density at radius 1 is 1.19 bits per heavy atom. The summed E-state index contributed by atoms with van der Waals surface area (Å²) in [6, 6.07) is 18.7. The summed E-state index contributed by atoms with van der Waals surface area (Å²) in [5.41, 5.74) is 3.05. The summed E-state index contributed by atoms with van der Waals surface area (Å²) < 4.78 is 7.03. The Kier molecular flexibility index (Phi) is 5.35. The van der Waals surface area contributed by atoms with Gasteiger partial charge < -0.3 is 4.74 Å². The SMILES string of the molecule is Cc1nn(-c2ccccc2)c(COC(=O)Cc2ccccc2Cl)c1C#N. The highest BCUT2D eigenvalue weighted by atomic mass is 35.5. The van der Waals surface area contributed by atoms with Crippen LogP contribution in [-0.2, 0) is 22.6 Å². The number of para-hydroxylation sites is 1. The van der Waals surface area contributed by atoms with Crippen LogP contribution in [0, 0.1) is 18.3 Å². The number of benzene rings is 2. The molecular formula is C20H16ClN3O2. The fourth-order valence-corrected chi connectivity index (χ4v) is 2.84. The number of carbonyl (C=O) groups excluding carboxylic acids is 1. The van der Waals surface area contributed by atoms with E-state index in [1.807, 2.05) is 36.4 Å². The van der Waals surface area contributed by atoms with Crippen LogP contribution >= 0.6 is 11.6 Å². The molecule has 0 N–H and O–H groups in total. The molecule has 1 heterocycles. The molecule has 130 valence electrons. The summed E-state index contributed by atoms with van der Waals surface area (Å²) in [7, 11) is 0. The number of carbonyl (C=O) groups is 1. The minimum atomic E-state index is -0.416. The maximum absolute atomic E-state index is 12.2. The lowest BCUT2D eigenvalue weighted by atomic mass is 10.1. The summed E-state index contributed by atoms with van der Waals surface area (Å²) in [6.07, 6.45) is 0.0695. The van der Waals surface area contributed by atoms with Crippen LogP contribution in [0.5, 0.6) is 0 Å². The van der Waals surface area contributed by atoms with E-state index in [2.05, 4.69) is 11.2 Å². The number of aryl methyl sites for hydroxylation is 1. The van der Waals surface area contributed by atoms with E-state index >= 15 is 0 Å². The molecule has 0 aliphatic rings. The van der Waals surface area contributed by atoms with Gasteiger partial charge in [-0.25, -0.2) is 4.68 Å². The van der Waals surface area contributed by atoms with Crippen molar-refractivity contribution in [3.05, 3.63) is 82.1 Å². The molecule has 3 aromatic rings. The molecule has 2 aromatic carbocycles. The topological polar surface area (TPSA) is 67.9 Å². The highest BCUT2D eigenvalue weighted by Crippen LogP contribution is 2.20. The molecule has 0 atom stereocenters. The minimum absolute atomic E-state index is 0.0398. The third kappa shape index (κ3) is 3.76. The van der Waals surface area contributed by atoms with Gasteiger partial charge in [0.1, 0.15) is 18.2 Å². The van der Waals surface area contributed by atoms with E-state index in [0.717, 1.165) is 5.69 Å². The summed E-state index contributed by atoms with van der Waals surface area (Å²) in [6.45, 7) is 1.72. The number of ether oxygens (including phenoxy) is 1. The van der Waals surface area contributed by atoms with Crippen LogP contribution in [0.25, 0.3) is 5.69 Å². The first kappa shape index (κ1) is 17.7. The molecule has 0 unspecified atom stereocenters. The van der Waals surface area contributed by atoms with E-state index in [9.17, 15) is 10.1 Å². The lowest BCUT2D eigenvalue weighted by molar-refractivity contribution is -0.144. The molecular weight excluding hydrogens is 350 g/mol. The van der Waals surface area contributed by atoms with Crippen LogP contribution < -0.4 is 0 Å². The standard InChI is InChI=1S/C20H16ClN3O2/c1-14-17(12-22)19(24(23-14)16-8-3-2-4-9-16)13-26-20(25)11-15-7-5-6-10-18(15)21/h2-10H,11,13H2,1H3. The maximum atomic E-state index is 12.2. The van der Waals surface area contributed by atoms with Crippen molar-refractivity contribution in [1.82, 2.24) is 9.78 Å². The van der Waals surface area contributed by atoms with Crippen molar-refractivity contribution in [2.75, 3.05) is 0 Å². The van der Waals surface area contributed by atoms with Crippen LogP contribution in [0.4, 0.5) is 0 Å². The molecule has 0 saturated carbocycles. The Morgan fingerprint density at radius 3 is 2.58 bits per heavy atom. The van der Waals surface area contributed by atoms with Crippen LogP contribution in [-0.4, -0.2) is 15.7 Å². The molecule has 5 nitrogen and oxygen atoms in total. The molecule has 0 radical (unpaired) electrons. The lowest BCUT2D eigenvalue weighted by Gasteiger charge is -2.09. The van der Waals surface area contributed by atoms with Gasteiger partial charge in [0, 0.05) is 5.02 Å². The Balaban J connectivity index is 1.80. The third-order valence-electron chi connectivity index (χ3n) is 3.93. The minimum Gasteiger partial charge on any atom is -0.459 e. The van der Waals surface area contributed by atoms with Crippen molar-refractivity contribution in [3.63, 3.8) is 0 Å². The van der Waals surface area contributed by atoms with E-state index in [-0.39, 0.29) is 13.0 Å². The quantitative estimate of drug-likeness (QED) is 0.641. The van der Waals surface area contributed by atoms with Crippen LogP contribution in [0.3, 0.4) is 0 Å². The second-order valence-electron chi connectivity index (χ2n) is 5.70. The summed E-state index contributed by atoms with van der Waals surface area (Å²) in [4.78, 5) is 12.2. The molecule has 0 aliphatic heterocycles. The van der Waals surface area contributed by atoms with Gasteiger partial charge in [-0.1, -0.05) is 48.0 Å². The van der Waals surface area contributed by atoms with Crippen LogP contribution in [0.15, 0.2) is 54.6 Å². The normalized spacial score (nSPS) is 10.3. The average Bonchev–Trinajstić information content (AvgIpc) is 2.98. The van der Waals surface area contributed by atoms with E-state index in [4.69, 9.17) is 16.3 Å². The highest BCUT2D eigenvalue weighted by molar-refractivity contribution is 6.31. The number of hydrogen-bond donors (Lipinski definition) is 0. The maximum Gasteiger partial charge on any atom is 0.310 e. The van der Waals surface area contributed by atoms with Gasteiger partial charge in [-0.15, -0.1) is 0 Å². The van der Waals surface area contributed by atoms with Gasteiger partial charge in [-0.3, -0.25) is 4.79 Å². The first-order chi connectivity index (χ1) is 12.6. The molecule has 26 heavy (non-hydrogen) atoms. The van der Waals surface area contributed by atoms with Gasteiger partial charge in [0.15, 0.2) is 0 Å². The zero-order valence-electron chi connectivity index (χ0n) is 14.1. The zero-order chi connectivity index (χ0) is 18.5. The van der Waals surface area contributed by atoms with Crippen LogP contribution in [0.1, 0.15) is 22.5 Å². The average molecular weight is 366 g/mol. The second kappa shape index (κ2) is 7.85. The molecule has 3 rings (SSSR count). The number of esters is 1. The Hall–Kier alpha value is -3.10. The Morgan fingerprint density at radius 2 is 1.88 bits per heavy atom. The molecule has 0 aliphatic carbocycles. The van der Waals surface area contributed by atoms with Crippen molar-refractivity contribution in [3.8, 4) is 11.8 Å². The van der Waals surface area contributed by atoms with Gasteiger partial charge >= 0.3 is 5.97 Å². The Bertz CT molecular complexity index is 974. The predicted octanol–water partition coefficient (Wildman–Crippen LogP) is 3.99. The van der Waals surface area contributed by atoms with E-state index < -0.39 is 5.97 Å². The van der Waals surface area contributed by atoms with E-state index in [0.29, 0.717) is 27.5 Å². The zero-order valence-corrected chi connectivity index (χ0v) is 14.9. The third-order valence-corrected chi connectivity index (χ3v) is 4.30. The molecule has 1 aromatic heterocycles.